The Morgan fingerprint density at radius 2 is 1.97 bits per heavy atom. The zero-order chi connectivity index (χ0) is 21.1. The molecule has 7 nitrogen and oxygen atoms in total. The van der Waals surface area contributed by atoms with Crippen LogP contribution in [0.4, 0.5) is 5.00 Å². The largest absolute Gasteiger partial charge is 0.464 e. The van der Waals surface area contributed by atoms with Gasteiger partial charge in [-0.1, -0.05) is 12.1 Å². The maximum atomic E-state index is 12.7. The Morgan fingerprint density at radius 1 is 1.21 bits per heavy atom. The van der Waals surface area contributed by atoms with Gasteiger partial charge in [0.05, 0.1) is 29.7 Å². The van der Waals surface area contributed by atoms with Gasteiger partial charge in [-0.3, -0.25) is 9.59 Å². The topological polar surface area (TPSA) is 97.6 Å². The number of aryl methyl sites for hydroxylation is 1. The summed E-state index contributed by atoms with van der Waals surface area (Å²) in [7, 11) is 1.51. The van der Waals surface area contributed by atoms with E-state index in [9.17, 15) is 14.4 Å². The second kappa shape index (κ2) is 8.48. The lowest BCUT2D eigenvalue weighted by molar-refractivity contribution is -0.115. The fraction of sp³-hybridized carbons (Fsp3) is 0.286. The van der Waals surface area contributed by atoms with Gasteiger partial charge in [0, 0.05) is 18.0 Å². The molecule has 0 saturated carbocycles. The minimum absolute atomic E-state index is 0.0740. The number of rotatable bonds is 6. The van der Waals surface area contributed by atoms with Crippen LogP contribution >= 0.6 is 11.3 Å². The molecule has 0 fully saturated rings. The van der Waals surface area contributed by atoms with E-state index < -0.39 is 5.97 Å². The number of benzene rings is 1. The molecule has 0 unspecified atom stereocenters. The van der Waals surface area contributed by atoms with Gasteiger partial charge in [-0.2, -0.15) is 0 Å². The molecule has 29 heavy (non-hydrogen) atoms. The smallest absolute Gasteiger partial charge is 0.341 e. The molecule has 0 saturated heterocycles. The van der Waals surface area contributed by atoms with E-state index in [2.05, 4.69) is 10.6 Å². The molecule has 3 aromatic rings. The summed E-state index contributed by atoms with van der Waals surface area (Å²) in [6.07, 6.45) is 1.64. The molecule has 2 amide bonds. The number of fused-ring (bicyclic) bond motifs is 1. The highest BCUT2D eigenvalue weighted by Crippen LogP contribution is 2.34. The van der Waals surface area contributed by atoms with E-state index in [4.69, 9.17) is 9.15 Å². The molecule has 8 heteroatoms. The summed E-state index contributed by atoms with van der Waals surface area (Å²) in [6, 6.07) is 5.78. The van der Waals surface area contributed by atoms with E-state index in [1.54, 1.807) is 20.1 Å². The summed E-state index contributed by atoms with van der Waals surface area (Å²) in [5.74, 6) is -1.21. The highest BCUT2D eigenvalue weighted by Gasteiger charge is 2.26. The highest BCUT2D eigenvalue weighted by atomic mass is 32.1. The molecule has 0 aliphatic heterocycles. The number of esters is 1. The van der Waals surface area contributed by atoms with Crippen molar-refractivity contribution in [2.45, 2.75) is 27.2 Å². The zero-order valence-corrected chi connectivity index (χ0v) is 17.5. The van der Waals surface area contributed by atoms with Gasteiger partial charge in [-0.05, 0) is 38.0 Å². The number of ether oxygens (including phenoxy) is 1. The average Bonchev–Trinajstić information content (AvgIpc) is 3.21. The normalized spacial score (nSPS) is 10.8. The molecule has 1 aromatic carbocycles. The number of carbonyl (C=O) groups is 3. The van der Waals surface area contributed by atoms with Crippen molar-refractivity contribution < 1.29 is 23.5 Å². The number of hydrogen-bond donors (Lipinski definition) is 2. The summed E-state index contributed by atoms with van der Waals surface area (Å²) >= 11 is 1.05. The van der Waals surface area contributed by atoms with E-state index in [1.807, 2.05) is 25.1 Å². The summed E-state index contributed by atoms with van der Waals surface area (Å²) < 4.78 is 10.6. The van der Waals surface area contributed by atoms with Gasteiger partial charge >= 0.3 is 5.97 Å². The quantitative estimate of drug-likeness (QED) is 0.598. The minimum atomic E-state index is -0.573. The SMILES string of the molecule is CCOC(=O)c1c(NC(=O)Cc2coc3cc(C)ccc23)sc(C(=O)NC)c1C. The first-order valence-corrected chi connectivity index (χ1v) is 9.96. The summed E-state index contributed by atoms with van der Waals surface area (Å²) in [5.41, 5.74) is 3.21. The van der Waals surface area contributed by atoms with Crippen molar-refractivity contribution in [1.29, 1.82) is 0 Å². The van der Waals surface area contributed by atoms with Crippen LogP contribution in [0.1, 0.15) is 43.6 Å². The Balaban J connectivity index is 1.88. The van der Waals surface area contributed by atoms with E-state index >= 15 is 0 Å². The number of carbonyl (C=O) groups excluding carboxylic acids is 3. The number of hydrogen-bond acceptors (Lipinski definition) is 6. The third kappa shape index (κ3) is 4.17. The van der Waals surface area contributed by atoms with Crippen LogP contribution in [-0.2, 0) is 16.0 Å². The van der Waals surface area contributed by atoms with E-state index in [-0.39, 0.29) is 30.4 Å². The monoisotopic (exact) mass is 414 g/mol. The second-order valence-corrected chi connectivity index (χ2v) is 7.57. The fourth-order valence-corrected chi connectivity index (χ4v) is 4.21. The van der Waals surface area contributed by atoms with Crippen LogP contribution in [0.5, 0.6) is 0 Å². The van der Waals surface area contributed by atoms with Crippen LogP contribution in [0.3, 0.4) is 0 Å². The van der Waals surface area contributed by atoms with Crippen molar-refractivity contribution >= 4 is 45.1 Å². The molecule has 2 N–H and O–H groups in total. The molecule has 2 heterocycles. The Bertz CT molecular complexity index is 1100. The van der Waals surface area contributed by atoms with Crippen LogP contribution in [0, 0.1) is 13.8 Å². The van der Waals surface area contributed by atoms with Crippen molar-refractivity contribution in [3.8, 4) is 0 Å². The van der Waals surface area contributed by atoms with Crippen molar-refractivity contribution in [1.82, 2.24) is 5.32 Å². The lowest BCUT2D eigenvalue weighted by Crippen LogP contribution is -2.18. The van der Waals surface area contributed by atoms with Gasteiger partial charge in [0.2, 0.25) is 5.91 Å². The van der Waals surface area contributed by atoms with Crippen molar-refractivity contribution in [2.75, 3.05) is 19.0 Å². The van der Waals surface area contributed by atoms with E-state index in [0.29, 0.717) is 21.0 Å². The fourth-order valence-electron chi connectivity index (χ4n) is 3.05. The van der Waals surface area contributed by atoms with E-state index in [0.717, 1.165) is 27.8 Å². The van der Waals surface area contributed by atoms with Crippen LogP contribution < -0.4 is 10.6 Å². The number of anilines is 1. The number of nitrogens with one attached hydrogen (secondary N) is 2. The number of thiophene rings is 1. The van der Waals surface area contributed by atoms with Gasteiger partial charge in [0.25, 0.3) is 5.91 Å². The van der Waals surface area contributed by atoms with Crippen molar-refractivity contribution in [3.63, 3.8) is 0 Å². The summed E-state index contributed by atoms with van der Waals surface area (Å²) in [6.45, 7) is 5.52. The predicted molar refractivity (Wildman–Crippen MR) is 112 cm³/mol. The Labute approximate surface area is 172 Å². The molecule has 0 atom stereocenters. The summed E-state index contributed by atoms with van der Waals surface area (Å²) in [5, 5.41) is 6.47. The zero-order valence-electron chi connectivity index (χ0n) is 16.7. The summed E-state index contributed by atoms with van der Waals surface area (Å²) in [4.78, 5) is 37.6. The molecular formula is C21H22N2O5S. The molecular weight excluding hydrogens is 392 g/mol. The molecule has 0 aliphatic rings. The standard InChI is InChI=1S/C21H22N2O5S/c1-5-27-21(26)17-12(3)18(19(25)22-4)29-20(17)23-16(24)9-13-10-28-15-8-11(2)6-7-14(13)15/h6-8,10H,5,9H2,1-4H3,(H,22,25)(H,23,24). The number of amides is 2. The van der Waals surface area contributed by atoms with E-state index in [1.165, 1.54) is 7.05 Å². The first-order valence-electron chi connectivity index (χ1n) is 9.14. The Kier molecular flexibility index (Phi) is 6.03. The Hall–Kier alpha value is -3.13. The van der Waals surface area contributed by atoms with Gasteiger partial charge in [0.1, 0.15) is 10.6 Å². The van der Waals surface area contributed by atoms with Gasteiger partial charge in [-0.15, -0.1) is 11.3 Å². The molecule has 0 aliphatic carbocycles. The number of furan rings is 1. The molecule has 0 bridgehead atoms. The first kappa shape index (κ1) is 20.6. The Morgan fingerprint density at radius 3 is 2.66 bits per heavy atom. The maximum Gasteiger partial charge on any atom is 0.341 e. The lowest BCUT2D eigenvalue weighted by atomic mass is 10.1. The van der Waals surface area contributed by atoms with Gasteiger partial charge < -0.3 is 19.8 Å². The van der Waals surface area contributed by atoms with Crippen LogP contribution in [0.15, 0.2) is 28.9 Å². The molecule has 0 radical (unpaired) electrons. The second-order valence-electron chi connectivity index (χ2n) is 6.55. The molecule has 0 spiro atoms. The minimum Gasteiger partial charge on any atom is -0.464 e. The van der Waals surface area contributed by atoms with Crippen molar-refractivity contribution in [3.05, 3.63) is 51.6 Å². The van der Waals surface area contributed by atoms with Crippen molar-refractivity contribution in [2.24, 2.45) is 0 Å². The molecule has 2 aromatic heterocycles. The highest BCUT2D eigenvalue weighted by molar-refractivity contribution is 7.18. The van der Waals surface area contributed by atoms with Gasteiger partial charge in [0.15, 0.2) is 0 Å². The van der Waals surface area contributed by atoms with Crippen LogP contribution in [-0.4, -0.2) is 31.4 Å². The lowest BCUT2D eigenvalue weighted by Gasteiger charge is -2.07. The predicted octanol–water partition coefficient (Wildman–Crippen LogP) is 3.83. The third-order valence-corrected chi connectivity index (χ3v) is 5.68. The molecule has 152 valence electrons. The average molecular weight is 414 g/mol. The first-order chi connectivity index (χ1) is 13.8. The van der Waals surface area contributed by atoms with Crippen LogP contribution in [0.25, 0.3) is 11.0 Å². The molecule has 3 rings (SSSR count). The van der Waals surface area contributed by atoms with Crippen LogP contribution in [0.2, 0.25) is 0 Å². The van der Waals surface area contributed by atoms with Gasteiger partial charge in [-0.25, -0.2) is 4.79 Å². The maximum absolute atomic E-state index is 12.7. The third-order valence-electron chi connectivity index (χ3n) is 4.47.